The van der Waals surface area contributed by atoms with E-state index in [2.05, 4.69) is 4.74 Å². The quantitative estimate of drug-likeness (QED) is 0.618. The zero-order valence-corrected chi connectivity index (χ0v) is 15.9. The first-order chi connectivity index (χ1) is 12.1. The Morgan fingerprint density at radius 2 is 1.85 bits per heavy atom. The summed E-state index contributed by atoms with van der Waals surface area (Å²) in [6.45, 7) is 1.47. The van der Waals surface area contributed by atoms with E-state index in [1.807, 2.05) is 0 Å². The Hall–Kier alpha value is -1.98. The molecule has 1 fully saturated rings. The fraction of sp³-hybridized carbons (Fsp3) is 0.467. The summed E-state index contributed by atoms with van der Waals surface area (Å²) in [6.07, 6.45) is 0. The van der Waals surface area contributed by atoms with E-state index in [1.54, 1.807) is 6.92 Å². The van der Waals surface area contributed by atoms with E-state index in [0.717, 1.165) is 11.4 Å². The van der Waals surface area contributed by atoms with Gasteiger partial charge >= 0.3 is 11.9 Å². The molecule has 1 aromatic rings. The zero-order valence-electron chi connectivity index (χ0n) is 14.2. The van der Waals surface area contributed by atoms with Crippen LogP contribution >= 0.6 is 0 Å². The largest absolute Gasteiger partial charge is 0.468 e. The predicted molar refractivity (Wildman–Crippen MR) is 90.7 cm³/mol. The molecule has 1 heterocycles. The summed E-state index contributed by atoms with van der Waals surface area (Å²) >= 11 is 0. The number of ether oxygens (including phenoxy) is 2. The SMILES string of the molecule is CCOC(=O)c1ccc(S(=O)(=O)N2CCS(=O)(=O)CC2C(=O)OC)cc1. The molecule has 144 valence electrons. The van der Waals surface area contributed by atoms with Gasteiger partial charge < -0.3 is 9.47 Å². The van der Waals surface area contributed by atoms with Gasteiger partial charge in [0.05, 0.1) is 35.7 Å². The molecule has 1 saturated heterocycles. The number of sulfone groups is 1. The molecular formula is C15H19NO8S2. The topological polar surface area (TPSA) is 124 Å². The van der Waals surface area contributed by atoms with E-state index >= 15 is 0 Å². The Labute approximate surface area is 151 Å². The first-order valence-corrected chi connectivity index (χ1v) is 11.0. The average molecular weight is 405 g/mol. The normalized spacial score (nSPS) is 20.3. The Kier molecular flexibility index (Phi) is 6.04. The molecule has 1 aromatic carbocycles. The maximum Gasteiger partial charge on any atom is 0.338 e. The lowest BCUT2D eigenvalue weighted by atomic mass is 10.2. The molecule has 0 aliphatic carbocycles. The molecule has 0 saturated carbocycles. The van der Waals surface area contributed by atoms with Crippen LogP contribution in [0.4, 0.5) is 0 Å². The smallest absolute Gasteiger partial charge is 0.338 e. The number of hydrogen-bond acceptors (Lipinski definition) is 8. The van der Waals surface area contributed by atoms with Crippen molar-refractivity contribution in [3.63, 3.8) is 0 Å². The van der Waals surface area contributed by atoms with Crippen LogP contribution in [0.25, 0.3) is 0 Å². The Morgan fingerprint density at radius 1 is 1.23 bits per heavy atom. The molecule has 1 aliphatic rings. The molecule has 1 atom stereocenters. The van der Waals surface area contributed by atoms with Gasteiger partial charge in [-0.1, -0.05) is 0 Å². The van der Waals surface area contributed by atoms with Crippen LogP contribution in [0.2, 0.25) is 0 Å². The minimum Gasteiger partial charge on any atom is -0.468 e. The van der Waals surface area contributed by atoms with E-state index < -0.39 is 43.6 Å². The fourth-order valence-corrected chi connectivity index (χ4v) is 5.74. The van der Waals surface area contributed by atoms with Gasteiger partial charge in [-0.05, 0) is 31.2 Å². The second-order valence-corrected chi connectivity index (χ2v) is 9.63. The van der Waals surface area contributed by atoms with Gasteiger partial charge in [0.15, 0.2) is 9.84 Å². The number of carbonyl (C=O) groups excluding carboxylic acids is 2. The van der Waals surface area contributed by atoms with E-state index in [0.29, 0.717) is 0 Å². The Balaban J connectivity index is 2.35. The van der Waals surface area contributed by atoms with Crippen molar-refractivity contribution in [2.45, 2.75) is 17.9 Å². The number of methoxy groups -OCH3 is 1. The number of sulfonamides is 1. The van der Waals surface area contributed by atoms with Gasteiger partial charge in [0.25, 0.3) is 0 Å². The second-order valence-electron chi connectivity index (χ2n) is 5.51. The standard InChI is InChI=1S/C15H19NO8S2/c1-3-24-14(17)11-4-6-12(7-5-11)26(21,22)16-8-9-25(19,20)10-13(16)15(18)23-2/h4-7,13H,3,8-10H2,1-2H3. The van der Waals surface area contributed by atoms with Gasteiger partial charge in [-0.15, -0.1) is 0 Å². The van der Waals surface area contributed by atoms with Gasteiger partial charge in [-0.25, -0.2) is 21.6 Å². The second kappa shape index (κ2) is 7.72. The van der Waals surface area contributed by atoms with Crippen LogP contribution in [-0.2, 0) is 34.1 Å². The van der Waals surface area contributed by atoms with Crippen LogP contribution in [0.3, 0.4) is 0 Å². The Bertz CT molecular complexity index is 890. The molecular weight excluding hydrogens is 386 g/mol. The maximum atomic E-state index is 12.8. The van der Waals surface area contributed by atoms with Gasteiger partial charge in [-0.2, -0.15) is 4.31 Å². The highest BCUT2D eigenvalue weighted by atomic mass is 32.2. The van der Waals surface area contributed by atoms with Crippen LogP contribution < -0.4 is 0 Å². The third-order valence-corrected chi connectivity index (χ3v) is 7.38. The van der Waals surface area contributed by atoms with Gasteiger partial charge in [0, 0.05) is 6.54 Å². The number of hydrogen-bond donors (Lipinski definition) is 0. The van der Waals surface area contributed by atoms with Gasteiger partial charge in [-0.3, -0.25) is 4.79 Å². The van der Waals surface area contributed by atoms with Crippen molar-refractivity contribution >= 4 is 31.8 Å². The van der Waals surface area contributed by atoms with Crippen molar-refractivity contribution in [1.82, 2.24) is 4.31 Å². The van der Waals surface area contributed by atoms with Crippen LogP contribution in [0.1, 0.15) is 17.3 Å². The van der Waals surface area contributed by atoms with Crippen LogP contribution in [0, 0.1) is 0 Å². The van der Waals surface area contributed by atoms with Crippen LogP contribution in [0.15, 0.2) is 29.2 Å². The highest BCUT2D eigenvalue weighted by Crippen LogP contribution is 2.23. The van der Waals surface area contributed by atoms with E-state index in [-0.39, 0.29) is 29.4 Å². The Morgan fingerprint density at radius 3 is 2.38 bits per heavy atom. The van der Waals surface area contributed by atoms with Crippen molar-refractivity contribution in [3.05, 3.63) is 29.8 Å². The minimum absolute atomic E-state index is 0.168. The first-order valence-electron chi connectivity index (χ1n) is 7.69. The fourth-order valence-electron chi connectivity index (χ4n) is 2.51. The van der Waals surface area contributed by atoms with Gasteiger partial charge in [0.2, 0.25) is 10.0 Å². The molecule has 26 heavy (non-hydrogen) atoms. The summed E-state index contributed by atoms with van der Waals surface area (Å²) in [4.78, 5) is 23.4. The molecule has 0 N–H and O–H groups in total. The predicted octanol–water partition coefficient (Wildman–Crippen LogP) is -0.176. The monoisotopic (exact) mass is 405 g/mol. The van der Waals surface area contributed by atoms with Crippen LogP contribution in [-0.4, -0.2) is 70.9 Å². The van der Waals surface area contributed by atoms with Crippen molar-refractivity contribution < 1.29 is 35.9 Å². The molecule has 1 unspecified atom stereocenters. The summed E-state index contributed by atoms with van der Waals surface area (Å²) in [7, 11) is -6.65. The molecule has 0 amide bonds. The van der Waals surface area contributed by atoms with Gasteiger partial charge in [0.1, 0.15) is 6.04 Å². The lowest BCUT2D eigenvalue weighted by molar-refractivity contribution is -0.144. The molecule has 0 radical (unpaired) electrons. The van der Waals surface area contributed by atoms with E-state index in [9.17, 15) is 26.4 Å². The van der Waals surface area contributed by atoms with Crippen LogP contribution in [0.5, 0.6) is 0 Å². The lowest BCUT2D eigenvalue weighted by Gasteiger charge is -2.32. The number of esters is 2. The maximum absolute atomic E-state index is 12.8. The molecule has 0 spiro atoms. The third-order valence-electron chi connectivity index (χ3n) is 3.83. The first kappa shape index (κ1) is 20.3. The summed E-state index contributed by atoms with van der Waals surface area (Å²) in [5, 5.41) is 0. The summed E-state index contributed by atoms with van der Waals surface area (Å²) < 4.78 is 59.5. The van der Waals surface area contributed by atoms with Crippen molar-refractivity contribution in [2.24, 2.45) is 0 Å². The third kappa shape index (κ3) is 4.22. The molecule has 11 heteroatoms. The van der Waals surface area contributed by atoms with E-state index in [4.69, 9.17) is 4.74 Å². The highest BCUT2D eigenvalue weighted by Gasteiger charge is 2.43. The molecule has 1 aliphatic heterocycles. The molecule has 9 nitrogen and oxygen atoms in total. The number of carbonyl (C=O) groups is 2. The average Bonchev–Trinajstić information content (AvgIpc) is 2.60. The molecule has 2 rings (SSSR count). The van der Waals surface area contributed by atoms with Crippen molar-refractivity contribution in [1.29, 1.82) is 0 Å². The molecule has 0 aromatic heterocycles. The summed E-state index contributed by atoms with van der Waals surface area (Å²) in [5.74, 6) is -2.56. The number of nitrogens with zero attached hydrogens (tertiary/aromatic N) is 1. The summed E-state index contributed by atoms with van der Waals surface area (Å²) in [5.41, 5.74) is 0.177. The zero-order chi connectivity index (χ0) is 19.5. The van der Waals surface area contributed by atoms with Crippen molar-refractivity contribution in [3.8, 4) is 0 Å². The summed E-state index contributed by atoms with van der Waals surface area (Å²) in [6, 6.07) is 3.55. The number of benzene rings is 1. The van der Waals surface area contributed by atoms with Crippen molar-refractivity contribution in [2.75, 3.05) is 31.8 Å². The molecule has 0 bridgehead atoms. The number of rotatable bonds is 5. The minimum atomic E-state index is -4.16. The van der Waals surface area contributed by atoms with E-state index in [1.165, 1.54) is 24.3 Å². The highest BCUT2D eigenvalue weighted by molar-refractivity contribution is 7.92. The lowest BCUT2D eigenvalue weighted by Crippen LogP contribution is -2.54.